The number of fused-ring (bicyclic) bond motifs is 16. The van der Waals surface area contributed by atoms with Crippen LogP contribution in [0.25, 0.3) is 75.9 Å². The fourth-order valence-electron chi connectivity index (χ4n) is 13.1. The first-order valence-corrected chi connectivity index (χ1v) is 28.4. The summed E-state index contributed by atoms with van der Waals surface area (Å²) in [4.78, 5) is 7.53. The fraction of sp³-hybridized carbons (Fsp3) is 0.0423. The Bertz CT molecular complexity index is 4400. The molecule has 16 rings (SSSR count). The molecule has 10 aromatic carbocycles. The lowest BCUT2D eigenvalue weighted by molar-refractivity contribution is 0.414. The van der Waals surface area contributed by atoms with Gasteiger partial charge in [0.15, 0.2) is 0 Å². The smallest absolute Gasteiger partial charge is 0.119 e. The number of hydrogen-bond donors (Lipinski definition) is 0. The van der Waals surface area contributed by atoms with Gasteiger partial charge in [-0.2, -0.15) is 0 Å². The highest BCUT2D eigenvalue weighted by atomic mass is 32.1. The molecular formula is C71H48N4O2S2. The lowest BCUT2D eigenvalue weighted by atomic mass is 9.71. The van der Waals surface area contributed by atoms with Gasteiger partial charge in [0.25, 0.3) is 0 Å². The van der Waals surface area contributed by atoms with Gasteiger partial charge in [-0.1, -0.05) is 97.1 Å². The molecule has 0 bridgehead atoms. The van der Waals surface area contributed by atoms with Crippen molar-refractivity contribution in [1.82, 2.24) is 9.13 Å². The van der Waals surface area contributed by atoms with Gasteiger partial charge >= 0.3 is 0 Å². The Hall–Kier alpha value is -9.60. The second kappa shape index (κ2) is 17.7. The molecule has 0 atom stereocenters. The largest absolute Gasteiger partial charge is 0.497 e. The standard InChI is InChI=1S/C71H48N4O2S2/c1-76-53-29-21-47(22-30-53)72(51-27-35-59-57-17-9-11-19-65(57)74(67(59)43-51)45-13-5-3-6-14-45)49-25-33-55-56-34-26-50(42-64(56)71(63(55)41-49)61-37-39-78-69(61)70-62(71)38-40-79-70)73(48-23-31-54(77-2)32-24-48)52-28-36-60-58-18-10-12-20-66(58)75(68(60)44-52)46-15-7-4-8-16-46/h3-44H,1-2H3. The van der Waals surface area contributed by atoms with Crippen LogP contribution in [0, 0.1) is 0 Å². The van der Waals surface area contributed by atoms with Crippen LogP contribution in [0.4, 0.5) is 34.1 Å². The van der Waals surface area contributed by atoms with E-state index in [1.165, 1.54) is 75.7 Å². The van der Waals surface area contributed by atoms with E-state index in [2.05, 4.69) is 272 Å². The van der Waals surface area contributed by atoms with E-state index in [0.717, 1.165) is 68.0 Å². The zero-order chi connectivity index (χ0) is 52.3. The number of thiophene rings is 2. The molecule has 0 fully saturated rings. The molecule has 0 amide bonds. The van der Waals surface area contributed by atoms with Crippen molar-refractivity contribution in [2.75, 3.05) is 24.0 Å². The Kier molecular flexibility index (Phi) is 10.2. The number of nitrogens with zero attached hydrogens (tertiary/aromatic N) is 4. The summed E-state index contributed by atoms with van der Waals surface area (Å²) in [6.07, 6.45) is 0. The van der Waals surface area contributed by atoms with Gasteiger partial charge in [-0.25, -0.2) is 0 Å². The Balaban J connectivity index is 0.914. The summed E-state index contributed by atoms with van der Waals surface area (Å²) in [6, 6.07) is 88.9. The normalized spacial score (nSPS) is 12.8. The Morgan fingerprint density at radius 2 is 0.696 bits per heavy atom. The van der Waals surface area contributed by atoms with Crippen LogP contribution < -0.4 is 19.3 Å². The number of rotatable bonds is 10. The van der Waals surface area contributed by atoms with E-state index in [0.29, 0.717) is 0 Å². The van der Waals surface area contributed by atoms with Crippen molar-refractivity contribution in [3.8, 4) is 43.8 Å². The number of anilines is 6. The van der Waals surface area contributed by atoms with Gasteiger partial charge < -0.3 is 28.4 Å². The summed E-state index contributed by atoms with van der Waals surface area (Å²) < 4.78 is 16.3. The molecule has 4 aromatic heterocycles. The molecule has 8 heteroatoms. The van der Waals surface area contributed by atoms with Crippen LogP contribution in [0.5, 0.6) is 11.5 Å². The quantitative estimate of drug-likeness (QED) is 0.137. The maximum atomic E-state index is 5.75. The van der Waals surface area contributed by atoms with E-state index in [1.54, 1.807) is 14.2 Å². The highest BCUT2D eigenvalue weighted by Crippen LogP contribution is 2.66. The molecule has 0 aliphatic heterocycles. The highest BCUT2D eigenvalue weighted by Gasteiger charge is 2.53. The lowest BCUT2D eigenvalue weighted by Gasteiger charge is -2.32. The van der Waals surface area contributed by atoms with Gasteiger partial charge in [0.2, 0.25) is 0 Å². The number of benzene rings is 10. The van der Waals surface area contributed by atoms with Crippen LogP contribution in [-0.2, 0) is 5.41 Å². The van der Waals surface area contributed by atoms with Crippen molar-refractivity contribution in [1.29, 1.82) is 0 Å². The second-order valence-electron chi connectivity index (χ2n) is 20.4. The van der Waals surface area contributed by atoms with E-state index < -0.39 is 5.41 Å². The van der Waals surface area contributed by atoms with Gasteiger partial charge in [-0.05, 0) is 190 Å². The van der Waals surface area contributed by atoms with E-state index in [9.17, 15) is 0 Å². The number of para-hydroxylation sites is 4. The second-order valence-corrected chi connectivity index (χ2v) is 22.2. The van der Waals surface area contributed by atoms with Crippen molar-refractivity contribution in [2.45, 2.75) is 5.41 Å². The zero-order valence-corrected chi connectivity index (χ0v) is 44.8. The van der Waals surface area contributed by atoms with Gasteiger partial charge in [-0.3, -0.25) is 0 Å². The van der Waals surface area contributed by atoms with Crippen LogP contribution in [-0.4, -0.2) is 23.4 Å². The number of ether oxygens (including phenoxy) is 2. The fourth-order valence-corrected chi connectivity index (χ4v) is 15.2. The zero-order valence-electron chi connectivity index (χ0n) is 43.2. The SMILES string of the molecule is COc1ccc(N(c2ccc3c(c2)C2(c4cc(N(c5ccc(OC)cc5)c5ccc6c7ccccc7n(-c7ccccc7)c6c5)ccc4-3)c3ccsc3-c3sccc32)c2ccc3c4ccccc4n(-c4ccccc4)c3c2)cc1. The molecule has 6 nitrogen and oxygen atoms in total. The average molecular weight is 1050 g/mol. The number of aromatic nitrogens is 2. The van der Waals surface area contributed by atoms with Crippen LogP contribution in [0.2, 0.25) is 0 Å². The van der Waals surface area contributed by atoms with E-state index in [4.69, 9.17) is 9.47 Å². The summed E-state index contributed by atoms with van der Waals surface area (Å²) in [6.45, 7) is 0. The summed E-state index contributed by atoms with van der Waals surface area (Å²) >= 11 is 3.70. The Morgan fingerprint density at radius 3 is 1.13 bits per heavy atom. The van der Waals surface area contributed by atoms with Gasteiger partial charge in [-0.15, -0.1) is 22.7 Å². The van der Waals surface area contributed by atoms with Crippen molar-refractivity contribution in [3.63, 3.8) is 0 Å². The molecular weight excluding hydrogens is 1000 g/mol. The van der Waals surface area contributed by atoms with E-state index in [-0.39, 0.29) is 0 Å². The molecule has 79 heavy (non-hydrogen) atoms. The number of hydrogen-bond acceptors (Lipinski definition) is 6. The monoisotopic (exact) mass is 1050 g/mol. The minimum atomic E-state index is -0.591. The van der Waals surface area contributed by atoms with Crippen molar-refractivity contribution < 1.29 is 9.47 Å². The van der Waals surface area contributed by atoms with Crippen molar-refractivity contribution >= 4 is 100 Å². The summed E-state index contributed by atoms with van der Waals surface area (Å²) in [5, 5.41) is 9.44. The predicted molar refractivity (Wildman–Crippen MR) is 330 cm³/mol. The third-order valence-electron chi connectivity index (χ3n) is 16.5. The third-order valence-corrected chi connectivity index (χ3v) is 18.5. The van der Waals surface area contributed by atoms with Crippen LogP contribution in [0.3, 0.4) is 0 Å². The van der Waals surface area contributed by atoms with Crippen LogP contribution >= 0.6 is 22.7 Å². The molecule has 0 radical (unpaired) electrons. The maximum Gasteiger partial charge on any atom is 0.119 e. The van der Waals surface area contributed by atoms with Gasteiger partial charge in [0.05, 0.1) is 41.7 Å². The molecule has 0 saturated heterocycles. The van der Waals surface area contributed by atoms with E-state index in [1.807, 2.05) is 22.7 Å². The summed E-state index contributed by atoms with van der Waals surface area (Å²) in [5.41, 5.74) is 20.3. The van der Waals surface area contributed by atoms with Gasteiger partial charge in [0, 0.05) is 76.8 Å². The molecule has 0 N–H and O–H groups in total. The topological polar surface area (TPSA) is 34.8 Å². The predicted octanol–water partition coefficient (Wildman–Crippen LogP) is 19.3. The lowest BCUT2D eigenvalue weighted by Crippen LogP contribution is -2.26. The minimum Gasteiger partial charge on any atom is -0.497 e. The first kappa shape index (κ1) is 45.6. The number of methoxy groups -OCH3 is 2. The molecule has 2 aliphatic carbocycles. The first-order chi connectivity index (χ1) is 39.1. The van der Waals surface area contributed by atoms with Gasteiger partial charge in [0.1, 0.15) is 11.5 Å². The van der Waals surface area contributed by atoms with Crippen molar-refractivity contribution in [3.05, 3.63) is 276 Å². The summed E-state index contributed by atoms with van der Waals surface area (Å²) in [7, 11) is 3.46. The van der Waals surface area contributed by atoms with E-state index >= 15 is 0 Å². The molecule has 4 heterocycles. The Labute approximate surface area is 465 Å². The molecule has 376 valence electrons. The first-order valence-electron chi connectivity index (χ1n) is 26.6. The summed E-state index contributed by atoms with van der Waals surface area (Å²) in [5.74, 6) is 1.62. The maximum absolute atomic E-state index is 5.75. The van der Waals surface area contributed by atoms with Crippen LogP contribution in [0.1, 0.15) is 22.3 Å². The molecule has 1 spiro atoms. The Morgan fingerprint density at radius 1 is 0.329 bits per heavy atom. The molecule has 0 unspecified atom stereocenters. The highest BCUT2D eigenvalue weighted by molar-refractivity contribution is 7.21. The average Bonchev–Trinajstić information content (AvgIpc) is 3.59. The minimum absolute atomic E-state index is 0.591. The van der Waals surface area contributed by atoms with Crippen molar-refractivity contribution in [2.24, 2.45) is 0 Å². The molecule has 14 aromatic rings. The molecule has 0 saturated carbocycles. The molecule has 2 aliphatic rings. The van der Waals surface area contributed by atoms with Crippen LogP contribution in [0.15, 0.2) is 253 Å². The third kappa shape index (κ3) is 6.68.